The van der Waals surface area contributed by atoms with Crippen LogP contribution in [0.1, 0.15) is 12.2 Å². The molecule has 0 fully saturated rings. The topological polar surface area (TPSA) is 72.2 Å². The van der Waals surface area contributed by atoms with Gasteiger partial charge in [-0.3, -0.25) is 0 Å². The van der Waals surface area contributed by atoms with E-state index in [4.69, 9.17) is 4.52 Å². The van der Waals surface area contributed by atoms with Crippen LogP contribution in [0.2, 0.25) is 0 Å². The summed E-state index contributed by atoms with van der Waals surface area (Å²) in [6.45, 7) is 0. The van der Waals surface area contributed by atoms with E-state index in [0.717, 1.165) is 0 Å². The van der Waals surface area contributed by atoms with Gasteiger partial charge in [0.05, 0.1) is 10.5 Å². The van der Waals surface area contributed by atoms with Crippen molar-refractivity contribution in [3.8, 4) is 22.4 Å². The van der Waals surface area contributed by atoms with Crippen LogP contribution in [-0.4, -0.2) is 20.6 Å². The first-order valence-electron chi connectivity index (χ1n) is 7.31. The molecule has 1 aromatic heterocycles. The monoisotopic (exact) mass is 364 g/mol. The lowest BCUT2D eigenvalue weighted by Crippen LogP contribution is -2.18. The van der Waals surface area contributed by atoms with Crippen LogP contribution in [0.4, 0.5) is 8.78 Å². The Balaban J connectivity index is 2.14. The molecule has 3 aromatic rings. The summed E-state index contributed by atoms with van der Waals surface area (Å²) >= 11 is 0. The van der Waals surface area contributed by atoms with Gasteiger partial charge in [0.25, 0.3) is 6.43 Å². The summed E-state index contributed by atoms with van der Waals surface area (Å²) in [7, 11) is -2.31. The number of benzene rings is 2. The molecule has 1 N–H and O–H groups in total. The van der Waals surface area contributed by atoms with Crippen LogP contribution in [0.15, 0.2) is 64.0 Å². The molecule has 0 atom stereocenters. The first-order valence-corrected chi connectivity index (χ1v) is 8.79. The van der Waals surface area contributed by atoms with E-state index in [1.54, 1.807) is 30.3 Å². The Kier molecular flexibility index (Phi) is 4.65. The van der Waals surface area contributed by atoms with E-state index in [2.05, 4.69) is 9.88 Å². The molecule has 0 spiro atoms. The van der Waals surface area contributed by atoms with E-state index in [-0.39, 0.29) is 16.2 Å². The molecule has 0 saturated carbocycles. The Morgan fingerprint density at radius 1 is 1.00 bits per heavy atom. The molecule has 0 radical (unpaired) electrons. The molecular formula is C17H14F2N2O3S. The van der Waals surface area contributed by atoms with Gasteiger partial charge >= 0.3 is 0 Å². The Hall–Kier alpha value is -2.58. The zero-order valence-electron chi connectivity index (χ0n) is 13.1. The van der Waals surface area contributed by atoms with E-state index in [9.17, 15) is 17.2 Å². The molecule has 0 aliphatic rings. The van der Waals surface area contributed by atoms with Crippen molar-refractivity contribution >= 4 is 10.0 Å². The van der Waals surface area contributed by atoms with Gasteiger partial charge in [-0.25, -0.2) is 21.9 Å². The number of sulfonamides is 1. The summed E-state index contributed by atoms with van der Waals surface area (Å²) in [6.07, 6.45) is -2.85. The molecule has 8 heteroatoms. The minimum absolute atomic E-state index is 0.0371. The maximum atomic E-state index is 13.3. The van der Waals surface area contributed by atoms with Crippen LogP contribution in [0, 0.1) is 0 Å². The van der Waals surface area contributed by atoms with E-state index in [0.29, 0.717) is 11.1 Å². The lowest BCUT2D eigenvalue weighted by Gasteiger charge is -2.07. The Labute approximate surface area is 143 Å². The third-order valence-corrected chi connectivity index (χ3v) is 5.12. The lowest BCUT2D eigenvalue weighted by atomic mass is 9.99. The minimum Gasteiger partial charge on any atom is -0.354 e. The number of rotatable bonds is 5. The molecule has 130 valence electrons. The fourth-order valence-corrected chi connectivity index (χ4v) is 3.17. The maximum Gasteiger partial charge on any atom is 0.298 e. The summed E-state index contributed by atoms with van der Waals surface area (Å²) < 4.78 is 57.3. The number of hydrogen-bond acceptors (Lipinski definition) is 4. The molecule has 0 saturated heterocycles. The highest BCUT2D eigenvalue weighted by Gasteiger charge is 2.25. The minimum atomic E-state index is -3.61. The summed E-state index contributed by atoms with van der Waals surface area (Å²) in [5.41, 5.74) is 1.44. The number of nitrogens with one attached hydrogen (secondary N) is 1. The molecular weight excluding hydrogens is 350 g/mol. The zero-order valence-corrected chi connectivity index (χ0v) is 13.9. The van der Waals surface area contributed by atoms with Crippen molar-refractivity contribution < 1.29 is 21.7 Å². The van der Waals surface area contributed by atoms with E-state index < -0.39 is 22.2 Å². The molecule has 3 rings (SSSR count). The van der Waals surface area contributed by atoms with Crippen molar-refractivity contribution in [1.29, 1.82) is 0 Å². The number of alkyl halides is 2. The Morgan fingerprint density at radius 2 is 1.64 bits per heavy atom. The summed E-state index contributed by atoms with van der Waals surface area (Å²) in [6, 6.07) is 14.4. The summed E-state index contributed by atoms with van der Waals surface area (Å²) in [4.78, 5) is 0.0371. The highest BCUT2D eigenvalue weighted by molar-refractivity contribution is 7.89. The summed E-state index contributed by atoms with van der Waals surface area (Å²) in [5, 5.41) is 3.79. The van der Waals surface area contributed by atoms with Gasteiger partial charge in [0, 0.05) is 5.56 Å². The molecule has 0 amide bonds. The van der Waals surface area contributed by atoms with E-state index in [1.165, 1.54) is 31.3 Å². The van der Waals surface area contributed by atoms with Crippen LogP contribution < -0.4 is 4.72 Å². The highest BCUT2D eigenvalue weighted by Crippen LogP contribution is 2.39. The second-order valence-electron chi connectivity index (χ2n) is 5.17. The average Bonchev–Trinajstić information content (AvgIpc) is 3.08. The van der Waals surface area contributed by atoms with Crippen LogP contribution in [0.3, 0.4) is 0 Å². The molecule has 0 aliphatic carbocycles. The lowest BCUT2D eigenvalue weighted by molar-refractivity contribution is 0.113. The van der Waals surface area contributed by atoms with Crippen molar-refractivity contribution in [3.05, 3.63) is 60.4 Å². The molecule has 2 aromatic carbocycles. The fraction of sp³-hybridized carbons (Fsp3) is 0.118. The first-order chi connectivity index (χ1) is 11.9. The van der Waals surface area contributed by atoms with Crippen molar-refractivity contribution in [2.24, 2.45) is 0 Å². The number of hydrogen-bond donors (Lipinski definition) is 1. The molecule has 5 nitrogen and oxygen atoms in total. The van der Waals surface area contributed by atoms with Crippen molar-refractivity contribution in [3.63, 3.8) is 0 Å². The average molecular weight is 364 g/mol. The largest absolute Gasteiger partial charge is 0.354 e. The molecule has 0 bridgehead atoms. The fourth-order valence-electron chi connectivity index (χ4n) is 2.44. The zero-order chi connectivity index (χ0) is 18.0. The number of aromatic nitrogens is 1. The predicted octanol–water partition coefficient (Wildman–Crippen LogP) is 3.85. The predicted molar refractivity (Wildman–Crippen MR) is 88.6 cm³/mol. The normalized spacial score (nSPS) is 11.8. The van der Waals surface area contributed by atoms with Crippen LogP contribution >= 0.6 is 0 Å². The quantitative estimate of drug-likeness (QED) is 0.746. The van der Waals surface area contributed by atoms with Crippen LogP contribution in [-0.2, 0) is 10.0 Å². The second-order valence-corrected chi connectivity index (χ2v) is 7.06. The van der Waals surface area contributed by atoms with Gasteiger partial charge in [0.1, 0.15) is 5.69 Å². The van der Waals surface area contributed by atoms with Crippen molar-refractivity contribution in [2.45, 2.75) is 11.3 Å². The van der Waals surface area contributed by atoms with Gasteiger partial charge in [-0.2, -0.15) is 0 Å². The maximum absolute atomic E-state index is 13.3. The number of nitrogens with zero attached hydrogens (tertiary/aromatic N) is 1. The standard InChI is InChI=1S/C17H14F2N2O3S/c1-20-25(22,23)13-9-7-11(8-10-13)14-15(12-5-3-2-4-6-12)21-24-16(14)17(18)19/h2-10,17,20H,1H3. The molecule has 0 aliphatic heterocycles. The SMILES string of the molecule is CNS(=O)(=O)c1ccc(-c2c(-c3ccccc3)noc2C(F)F)cc1. The van der Waals surface area contributed by atoms with Gasteiger partial charge in [-0.05, 0) is 24.7 Å². The van der Waals surface area contributed by atoms with E-state index in [1.807, 2.05) is 0 Å². The third kappa shape index (κ3) is 3.31. The molecule has 1 heterocycles. The first kappa shape index (κ1) is 17.2. The van der Waals surface area contributed by atoms with E-state index >= 15 is 0 Å². The van der Waals surface area contributed by atoms with Gasteiger partial charge in [0.2, 0.25) is 15.8 Å². The highest BCUT2D eigenvalue weighted by atomic mass is 32.2. The number of halogens is 2. The Bertz CT molecular complexity index is 969. The smallest absolute Gasteiger partial charge is 0.298 e. The van der Waals surface area contributed by atoms with Gasteiger partial charge < -0.3 is 4.52 Å². The molecule has 25 heavy (non-hydrogen) atoms. The van der Waals surface area contributed by atoms with Gasteiger partial charge in [0.15, 0.2) is 0 Å². The Morgan fingerprint density at radius 3 is 2.20 bits per heavy atom. The van der Waals surface area contributed by atoms with Crippen LogP contribution in [0.5, 0.6) is 0 Å². The van der Waals surface area contributed by atoms with Gasteiger partial charge in [-0.1, -0.05) is 47.6 Å². The van der Waals surface area contributed by atoms with Crippen molar-refractivity contribution in [1.82, 2.24) is 9.88 Å². The molecule has 0 unspecified atom stereocenters. The van der Waals surface area contributed by atoms with Crippen LogP contribution in [0.25, 0.3) is 22.4 Å². The van der Waals surface area contributed by atoms with Crippen molar-refractivity contribution in [2.75, 3.05) is 7.05 Å². The van der Waals surface area contributed by atoms with Gasteiger partial charge in [-0.15, -0.1) is 0 Å². The second kappa shape index (κ2) is 6.73. The third-order valence-electron chi connectivity index (χ3n) is 3.69. The summed E-state index contributed by atoms with van der Waals surface area (Å²) in [5.74, 6) is -0.553.